The third-order valence-electron chi connectivity index (χ3n) is 4.32. The molecule has 144 valence electrons. The fourth-order valence-corrected chi connectivity index (χ4v) is 3.02. The first-order valence-corrected chi connectivity index (χ1v) is 8.18. The molecule has 0 bridgehead atoms. The van der Waals surface area contributed by atoms with Crippen molar-refractivity contribution < 1.29 is 27.2 Å². The lowest BCUT2D eigenvalue weighted by Crippen LogP contribution is -2.23. The standard InChI is InChI=1S/C18H13F3N4O3/c1-27-15-12(3-2-6-22-15)9-25-8-11-5-4-10(7-13(11)16(25)26)14-23-17(28-24-14)18(19,20)21/h2-7H,8-9H2,1H3. The fraction of sp³-hybridized carbons (Fsp3) is 0.222. The van der Waals surface area contributed by atoms with Gasteiger partial charge in [-0.25, -0.2) is 4.98 Å². The SMILES string of the molecule is COc1ncccc1CN1Cc2ccc(-c3noc(C(F)(F)F)n3)cc2C1=O. The Balaban J connectivity index is 1.59. The smallest absolute Gasteiger partial charge is 0.471 e. The van der Waals surface area contributed by atoms with Gasteiger partial charge >= 0.3 is 12.1 Å². The number of amides is 1. The monoisotopic (exact) mass is 390 g/mol. The van der Waals surface area contributed by atoms with Gasteiger partial charge in [-0.1, -0.05) is 23.4 Å². The molecular formula is C18H13F3N4O3. The Bertz CT molecular complexity index is 1050. The van der Waals surface area contributed by atoms with E-state index in [1.165, 1.54) is 13.2 Å². The van der Waals surface area contributed by atoms with E-state index in [1.54, 1.807) is 29.3 Å². The molecule has 2 aromatic heterocycles. The van der Waals surface area contributed by atoms with Crippen LogP contribution in [-0.2, 0) is 19.3 Å². The molecule has 10 heteroatoms. The Morgan fingerprint density at radius 2 is 2.11 bits per heavy atom. The van der Waals surface area contributed by atoms with Gasteiger partial charge < -0.3 is 14.2 Å². The molecule has 0 saturated carbocycles. The lowest BCUT2D eigenvalue weighted by molar-refractivity contribution is -0.159. The molecule has 0 saturated heterocycles. The Hall–Kier alpha value is -3.43. The van der Waals surface area contributed by atoms with E-state index in [0.717, 1.165) is 11.1 Å². The summed E-state index contributed by atoms with van der Waals surface area (Å²) >= 11 is 0. The van der Waals surface area contributed by atoms with Crippen LogP contribution in [0.4, 0.5) is 13.2 Å². The number of ether oxygens (including phenoxy) is 1. The minimum absolute atomic E-state index is 0.227. The molecule has 1 amide bonds. The Morgan fingerprint density at radius 3 is 2.82 bits per heavy atom. The van der Waals surface area contributed by atoms with Crippen LogP contribution in [0.1, 0.15) is 27.4 Å². The van der Waals surface area contributed by atoms with Crippen molar-refractivity contribution in [1.29, 1.82) is 0 Å². The Labute approximate surface area is 156 Å². The maximum atomic E-state index is 12.8. The molecule has 0 atom stereocenters. The van der Waals surface area contributed by atoms with Gasteiger partial charge in [0.15, 0.2) is 0 Å². The van der Waals surface area contributed by atoms with Crippen LogP contribution < -0.4 is 4.74 Å². The van der Waals surface area contributed by atoms with Gasteiger partial charge in [0.05, 0.1) is 13.7 Å². The molecule has 3 aromatic rings. The molecule has 0 unspecified atom stereocenters. The summed E-state index contributed by atoms with van der Waals surface area (Å²) in [6, 6.07) is 8.27. The molecule has 28 heavy (non-hydrogen) atoms. The largest absolute Gasteiger partial charge is 0.481 e. The van der Waals surface area contributed by atoms with Crippen molar-refractivity contribution in [3.63, 3.8) is 0 Å². The first kappa shape index (κ1) is 18.0. The molecule has 0 aliphatic carbocycles. The second-order valence-corrected chi connectivity index (χ2v) is 6.13. The van der Waals surface area contributed by atoms with Crippen molar-refractivity contribution in [3.05, 3.63) is 59.1 Å². The average Bonchev–Trinajstić information content (AvgIpc) is 3.28. The number of aromatic nitrogens is 3. The Kier molecular flexibility index (Phi) is 4.25. The van der Waals surface area contributed by atoms with E-state index < -0.39 is 12.1 Å². The molecule has 0 N–H and O–H groups in total. The summed E-state index contributed by atoms with van der Waals surface area (Å²) in [7, 11) is 1.50. The third-order valence-corrected chi connectivity index (χ3v) is 4.32. The van der Waals surface area contributed by atoms with Gasteiger partial charge in [-0.2, -0.15) is 18.2 Å². The number of nitrogens with zero attached hydrogens (tertiary/aromatic N) is 4. The quantitative estimate of drug-likeness (QED) is 0.680. The van der Waals surface area contributed by atoms with Gasteiger partial charge in [0.25, 0.3) is 5.91 Å². The topological polar surface area (TPSA) is 81.3 Å². The molecule has 0 spiro atoms. The molecule has 4 rings (SSSR count). The lowest BCUT2D eigenvalue weighted by atomic mass is 10.1. The number of rotatable bonds is 4. The van der Waals surface area contributed by atoms with Gasteiger partial charge in [-0.15, -0.1) is 0 Å². The highest BCUT2D eigenvalue weighted by atomic mass is 19.4. The summed E-state index contributed by atoms with van der Waals surface area (Å²) in [5, 5.41) is 3.36. The van der Waals surface area contributed by atoms with Crippen molar-refractivity contribution in [3.8, 4) is 17.3 Å². The van der Waals surface area contributed by atoms with E-state index in [4.69, 9.17) is 4.74 Å². The molecule has 1 aliphatic rings. The lowest BCUT2D eigenvalue weighted by Gasteiger charge is -2.16. The normalized spacial score (nSPS) is 13.7. The van der Waals surface area contributed by atoms with Crippen LogP contribution in [0, 0.1) is 0 Å². The average molecular weight is 390 g/mol. The molecule has 1 aliphatic heterocycles. The van der Waals surface area contributed by atoms with Crippen LogP contribution in [0.3, 0.4) is 0 Å². The van der Waals surface area contributed by atoms with Gasteiger partial charge in [0, 0.05) is 29.4 Å². The van der Waals surface area contributed by atoms with Crippen molar-refractivity contribution in [2.75, 3.05) is 7.11 Å². The van der Waals surface area contributed by atoms with Crippen LogP contribution in [0.2, 0.25) is 0 Å². The van der Waals surface area contributed by atoms with Crippen LogP contribution in [0.25, 0.3) is 11.4 Å². The predicted octanol–water partition coefficient (Wildman–Crippen LogP) is 3.32. The number of methoxy groups -OCH3 is 1. The third kappa shape index (κ3) is 3.17. The number of halogens is 3. The second kappa shape index (κ2) is 6.63. The van der Waals surface area contributed by atoms with Gasteiger partial charge in [-0.3, -0.25) is 4.79 Å². The number of fused-ring (bicyclic) bond motifs is 1. The van der Waals surface area contributed by atoms with Crippen LogP contribution in [0.5, 0.6) is 5.88 Å². The summed E-state index contributed by atoms with van der Waals surface area (Å²) in [6.45, 7) is 0.660. The van der Waals surface area contributed by atoms with E-state index in [0.29, 0.717) is 24.5 Å². The van der Waals surface area contributed by atoms with Crippen LogP contribution in [0.15, 0.2) is 41.1 Å². The maximum absolute atomic E-state index is 12.8. The van der Waals surface area contributed by atoms with E-state index in [2.05, 4.69) is 19.6 Å². The molecule has 0 radical (unpaired) electrons. The number of carbonyl (C=O) groups is 1. The van der Waals surface area contributed by atoms with Gasteiger partial charge in [0.1, 0.15) is 0 Å². The van der Waals surface area contributed by atoms with Crippen molar-refractivity contribution in [2.45, 2.75) is 19.3 Å². The van der Waals surface area contributed by atoms with Gasteiger partial charge in [-0.05, 0) is 17.7 Å². The van der Waals surface area contributed by atoms with E-state index in [1.807, 2.05) is 6.07 Å². The van der Waals surface area contributed by atoms with Crippen molar-refractivity contribution in [1.82, 2.24) is 20.0 Å². The van der Waals surface area contributed by atoms with Crippen molar-refractivity contribution in [2.24, 2.45) is 0 Å². The van der Waals surface area contributed by atoms with E-state index in [-0.39, 0.29) is 17.3 Å². The van der Waals surface area contributed by atoms with Crippen LogP contribution >= 0.6 is 0 Å². The molecule has 1 aromatic carbocycles. The predicted molar refractivity (Wildman–Crippen MR) is 89.1 cm³/mol. The minimum Gasteiger partial charge on any atom is -0.481 e. The van der Waals surface area contributed by atoms with Gasteiger partial charge in [0.2, 0.25) is 11.7 Å². The van der Waals surface area contributed by atoms with Crippen molar-refractivity contribution >= 4 is 5.91 Å². The minimum atomic E-state index is -4.72. The zero-order valence-electron chi connectivity index (χ0n) is 14.5. The highest BCUT2D eigenvalue weighted by Crippen LogP contribution is 2.32. The number of benzene rings is 1. The summed E-state index contributed by atoms with van der Waals surface area (Å²) in [5.74, 6) is -1.48. The number of pyridine rings is 1. The highest BCUT2D eigenvalue weighted by Gasteiger charge is 2.38. The van der Waals surface area contributed by atoms with E-state index >= 15 is 0 Å². The molecule has 7 nitrogen and oxygen atoms in total. The maximum Gasteiger partial charge on any atom is 0.471 e. The first-order chi connectivity index (χ1) is 13.4. The number of alkyl halides is 3. The fourth-order valence-electron chi connectivity index (χ4n) is 3.02. The Morgan fingerprint density at radius 1 is 1.29 bits per heavy atom. The summed E-state index contributed by atoms with van der Waals surface area (Å²) in [5.41, 5.74) is 2.17. The molecule has 0 fully saturated rings. The first-order valence-electron chi connectivity index (χ1n) is 8.18. The number of hydrogen-bond acceptors (Lipinski definition) is 6. The zero-order chi connectivity index (χ0) is 19.9. The van der Waals surface area contributed by atoms with E-state index in [9.17, 15) is 18.0 Å². The summed E-state index contributed by atoms with van der Waals surface area (Å²) in [6.07, 6.45) is -3.13. The zero-order valence-corrected chi connectivity index (χ0v) is 14.5. The summed E-state index contributed by atoms with van der Waals surface area (Å²) < 4.78 is 47.4. The second-order valence-electron chi connectivity index (χ2n) is 6.13. The number of hydrogen-bond donors (Lipinski definition) is 0. The summed E-state index contributed by atoms with van der Waals surface area (Å²) in [4.78, 5) is 21.8. The number of carbonyl (C=O) groups excluding carboxylic acids is 1. The molecular weight excluding hydrogens is 377 g/mol. The van der Waals surface area contributed by atoms with Crippen LogP contribution in [-0.4, -0.2) is 33.0 Å². The highest BCUT2D eigenvalue weighted by molar-refractivity contribution is 5.99. The molecule has 3 heterocycles.